The van der Waals surface area contributed by atoms with Gasteiger partial charge in [-0.1, -0.05) is 11.6 Å². The Labute approximate surface area is 99.2 Å². The van der Waals surface area contributed by atoms with Crippen LogP contribution in [0, 0.1) is 6.92 Å². The van der Waals surface area contributed by atoms with Gasteiger partial charge in [0.25, 0.3) is 0 Å². The third kappa shape index (κ3) is 3.31. The van der Waals surface area contributed by atoms with Crippen LogP contribution in [0.2, 0.25) is 5.02 Å². The van der Waals surface area contributed by atoms with Gasteiger partial charge in [-0.15, -0.1) is 0 Å². The average molecular weight is 244 g/mol. The lowest BCUT2D eigenvalue weighted by Gasteiger charge is -2.08. The number of hydrogen-bond donors (Lipinski definition) is 2. The maximum Gasteiger partial charge on any atom is 0.407 e. The molecule has 0 saturated heterocycles. The monoisotopic (exact) mass is 243 g/mol. The van der Waals surface area contributed by atoms with Crippen LogP contribution in [-0.4, -0.2) is 17.8 Å². The van der Waals surface area contributed by atoms with Gasteiger partial charge in [0.15, 0.2) is 0 Å². The minimum atomic E-state index is -0.515. The first-order valence-electron chi connectivity index (χ1n) is 4.93. The Hall–Kier alpha value is -1.42. The first-order valence-corrected chi connectivity index (χ1v) is 5.31. The van der Waals surface area contributed by atoms with Crippen LogP contribution in [0.25, 0.3) is 0 Å². The Bertz CT molecular complexity index is 393. The van der Waals surface area contributed by atoms with Gasteiger partial charge in [0.05, 0.1) is 6.61 Å². The van der Waals surface area contributed by atoms with Gasteiger partial charge >= 0.3 is 6.09 Å². The van der Waals surface area contributed by atoms with Gasteiger partial charge in [-0.25, -0.2) is 4.79 Å². The Morgan fingerprint density at radius 1 is 1.56 bits per heavy atom. The highest BCUT2D eigenvalue weighted by Gasteiger charge is 2.07. The second-order valence-electron chi connectivity index (χ2n) is 3.30. The predicted molar refractivity (Wildman–Crippen MR) is 61.7 cm³/mol. The molecular weight excluding hydrogens is 230 g/mol. The van der Waals surface area contributed by atoms with Crippen LogP contribution < -0.4 is 5.32 Å². The number of alkyl carbamates (subject to hydrolysis) is 1. The number of ether oxygens (including phenoxy) is 1. The minimum absolute atomic E-state index is 0.110. The smallest absolute Gasteiger partial charge is 0.407 e. The third-order valence-corrected chi connectivity index (χ3v) is 2.47. The van der Waals surface area contributed by atoms with E-state index in [-0.39, 0.29) is 12.3 Å². The van der Waals surface area contributed by atoms with Crippen LogP contribution >= 0.6 is 11.6 Å². The van der Waals surface area contributed by atoms with E-state index in [9.17, 15) is 9.90 Å². The molecule has 0 heterocycles. The second kappa shape index (κ2) is 5.61. The van der Waals surface area contributed by atoms with Crippen molar-refractivity contribution in [2.24, 2.45) is 0 Å². The number of benzene rings is 1. The van der Waals surface area contributed by atoms with Crippen molar-refractivity contribution in [3.05, 3.63) is 28.3 Å². The van der Waals surface area contributed by atoms with E-state index in [0.717, 1.165) is 5.56 Å². The van der Waals surface area contributed by atoms with E-state index in [4.69, 9.17) is 16.3 Å². The molecule has 0 fully saturated rings. The summed E-state index contributed by atoms with van der Waals surface area (Å²) in [7, 11) is 0. The minimum Gasteiger partial charge on any atom is -0.508 e. The summed E-state index contributed by atoms with van der Waals surface area (Å²) in [6.07, 6.45) is -0.515. The van der Waals surface area contributed by atoms with Crippen LogP contribution in [0.3, 0.4) is 0 Å². The van der Waals surface area contributed by atoms with Crippen molar-refractivity contribution < 1.29 is 14.6 Å². The fourth-order valence-corrected chi connectivity index (χ4v) is 1.38. The number of phenolic OH excluding ortho intramolecular Hbond substituents is 1. The summed E-state index contributed by atoms with van der Waals surface area (Å²) in [5.74, 6) is 0.110. The number of halogens is 1. The molecule has 0 bridgehead atoms. The molecule has 2 N–H and O–H groups in total. The van der Waals surface area contributed by atoms with Crippen molar-refractivity contribution in [1.29, 1.82) is 0 Å². The molecule has 88 valence electrons. The summed E-state index contributed by atoms with van der Waals surface area (Å²) >= 11 is 5.91. The number of aromatic hydroxyl groups is 1. The maximum atomic E-state index is 11.0. The van der Waals surface area contributed by atoms with Crippen molar-refractivity contribution in [3.8, 4) is 5.75 Å². The van der Waals surface area contributed by atoms with E-state index in [1.54, 1.807) is 26.0 Å². The van der Waals surface area contributed by atoms with Crippen LogP contribution in [0.15, 0.2) is 12.1 Å². The lowest BCUT2D eigenvalue weighted by molar-refractivity contribution is 0.151. The first kappa shape index (κ1) is 12.6. The van der Waals surface area contributed by atoms with Crippen LogP contribution in [-0.2, 0) is 11.3 Å². The van der Waals surface area contributed by atoms with Gasteiger partial charge in [-0.2, -0.15) is 0 Å². The summed E-state index contributed by atoms with van der Waals surface area (Å²) in [5, 5.41) is 12.7. The van der Waals surface area contributed by atoms with Crippen molar-refractivity contribution in [1.82, 2.24) is 5.32 Å². The maximum absolute atomic E-state index is 11.0. The van der Waals surface area contributed by atoms with Gasteiger partial charge in [0, 0.05) is 17.1 Å². The highest BCUT2D eigenvalue weighted by Crippen LogP contribution is 2.25. The average Bonchev–Trinajstić information content (AvgIpc) is 2.22. The lowest BCUT2D eigenvalue weighted by atomic mass is 10.1. The van der Waals surface area contributed by atoms with Crippen molar-refractivity contribution in [3.63, 3.8) is 0 Å². The summed E-state index contributed by atoms with van der Waals surface area (Å²) in [6.45, 7) is 4.02. The van der Waals surface area contributed by atoms with Gasteiger partial charge in [-0.05, 0) is 31.5 Å². The number of aryl methyl sites for hydroxylation is 1. The molecule has 0 aliphatic carbocycles. The topological polar surface area (TPSA) is 58.6 Å². The highest BCUT2D eigenvalue weighted by atomic mass is 35.5. The fourth-order valence-electron chi connectivity index (χ4n) is 1.20. The van der Waals surface area contributed by atoms with Gasteiger partial charge in [0.1, 0.15) is 5.75 Å². The van der Waals surface area contributed by atoms with Gasteiger partial charge in [0.2, 0.25) is 0 Å². The van der Waals surface area contributed by atoms with E-state index in [1.807, 2.05) is 0 Å². The van der Waals surface area contributed by atoms with Gasteiger partial charge < -0.3 is 15.2 Å². The fraction of sp³-hybridized carbons (Fsp3) is 0.364. The molecule has 0 aliphatic rings. The number of phenols is 1. The largest absolute Gasteiger partial charge is 0.508 e. The number of hydrogen-bond acceptors (Lipinski definition) is 3. The Kier molecular flexibility index (Phi) is 4.43. The molecule has 0 unspecified atom stereocenters. The van der Waals surface area contributed by atoms with E-state index in [0.29, 0.717) is 17.2 Å². The Morgan fingerprint density at radius 2 is 2.25 bits per heavy atom. The zero-order chi connectivity index (χ0) is 12.1. The van der Waals surface area contributed by atoms with Crippen LogP contribution in [0.1, 0.15) is 18.1 Å². The number of nitrogens with one attached hydrogen (secondary N) is 1. The summed E-state index contributed by atoms with van der Waals surface area (Å²) in [5.41, 5.74) is 1.35. The first-order chi connectivity index (χ1) is 7.54. The molecule has 0 atom stereocenters. The molecule has 0 spiro atoms. The standard InChI is InChI=1S/C11H14ClNO3/c1-3-16-11(15)13-6-8-5-9(12)7(2)4-10(8)14/h4-5,14H,3,6H2,1-2H3,(H,13,15). The zero-order valence-electron chi connectivity index (χ0n) is 9.21. The number of carbonyl (C=O) groups is 1. The van der Waals surface area contributed by atoms with Crippen molar-refractivity contribution >= 4 is 17.7 Å². The third-order valence-electron chi connectivity index (χ3n) is 2.06. The van der Waals surface area contributed by atoms with Crippen molar-refractivity contribution in [2.75, 3.05) is 6.61 Å². The molecule has 5 heteroatoms. The van der Waals surface area contributed by atoms with E-state index in [2.05, 4.69) is 5.32 Å². The quantitative estimate of drug-likeness (QED) is 0.858. The molecule has 0 saturated carbocycles. The molecule has 0 aliphatic heterocycles. The van der Waals surface area contributed by atoms with Gasteiger partial charge in [-0.3, -0.25) is 0 Å². The number of carbonyl (C=O) groups excluding carboxylic acids is 1. The molecular formula is C11H14ClNO3. The highest BCUT2D eigenvalue weighted by molar-refractivity contribution is 6.31. The van der Waals surface area contributed by atoms with E-state index in [1.165, 1.54) is 0 Å². The predicted octanol–water partition coefficient (Wildman–Crippen LogP) is 2.60. The summed E-state index contributed by atoms with van der Waals surface area (Å²) < 4.78 is 4.69. The molecule has 1 rings (SSSR count). The Morgan fingerprint density at radius 3 is 2.88 bits per heavy atom. The molecule has 0 aromatic heterocycles. The van der Waals surface area contributed by atoms with E-state index < -0.39 is 6.09 Å². The molecule has 1 aromatic carbocycles. The Balaban J connectivity index is 2.67. The van der Waals surface area contributed by atoms with Crippen molar-refractivity contribution in [2.45, 2.75) is 20.4 Å². The second-order valence-corrected chi connectivity index (χ2v) is 3.71. The zero-order valence-corrected chi connectivity index (χ0v) is 9.97. The van der Waals surface area contributed by atoms with Crippen LogP contribution in [0.5, 0.6) is 5.75 Å². The summed E-state index contributed by atoms with van der Waals surface area (Å²) in [4.78, 5) is 11.0. The number of amides is 1. The van der Waals surface area contributed by atoms with E-state index >= 15 is 0 Å². The molecule has 1 aromatic rings. The van der Waals surface area contributed by atoms with Crippen LogP contribution in [0.4, 0.5) is 4.79 Å². The molecule has 1 amide bonds. The molecule has 16 heavy (non-hydrogen) atoms. The molecule has 0 radical (unpaired) electrons. The SMILES string of the molecule is CCOC(=O)NCc1cc(Cl)c(C)cc1O. The normalized spacial score (nSPS) is 9.94. The lowest BCUT2D eigenvalue weighted by Crippen LogP contribution is -2.23. The molecule has 4 nitrogen and oxygen atoms in total. The number of rotatable bonds is 3. The summed E-state index contributed by atoms with van der Waals surface area (Å²) in [6, 6.07) is 3.18.